The largest absolute Gasteiger partial charge is 0.466 e. The zero-order valence-corrected chi connectivity index (χ0v) is 20.5. The molecule has 0 atom stereocenters. The summed E-state index contributed by atoms with van der Waals surface area (Å²) in [6, 6.07) is 7.56. The first-order valence-corrected chi connectivity index (χ1v) is 10.5. The molecule has 0 spiro atoms. The molecule has 0 unspecified atom stereocenters. The van der Waals surface area contributed by atoms with Crippen LogP contribution in [0.1, 0.15) is 32.3 Å². The van der Waals surface area contributed by atoms with Gasteiger partial charge in [0.2, 0.25) is 0 Å². The van der Waals surface area contributed by atoms with Crippen molar-refractivity contribution < 1.29 is 9.53 Å². The highest BCUT2D eigenvalue weighted by Crippen LogP contribution is 2.19. The van der Waals surface area contributed by atoms with Gasteiger partial charge in [0, 0.05) is 36.4 Å². The SMILES string of the molecule is CCNC(=NCc1cnn(-c2ccc(Cl)cc2)c1)N1CCC(C(=O)OCC)CC1.I. The Labute approximate surface area is 199 Å². The second-order valence-electron chi connectivity index (χ2n) is 6.95. The predicted octanol–water partition coefficient (Wildman–Crippen LogP) is 3.88. The van der Waals surface area contributed by atoms with Crippen LogP contribution in [0, 0.1) is 5.92 Å². The van der Waals surface area contributed by atoms with Crippen molar-refractivity contribution in [1.82, 2.24) is 20.0 Å². The first-order valence-electron chi connectivity index (χ1n) is 10.1. The lowest BCUT2D eigenvalue weighted by Crippen LogP contribution is -2.46. The highest BCUT2D eigenvalue weighted by atomic mass is 127. The van der Waals surface area contributed by atoms with Gasteiger partial charge in [0.25, 0.3) is 0 Å². The second kappa shape index (κ2) is 12.1. The molecule has 1 saturated heterocycles. The van der Waals surface area contributed by atoms with Crippen molar-refractivity contribution in [2.24, 2.45) is 10.9 Å². The monoisotopic (exact) mass is 545 g/mol. The summed E-state index contributed by atoms with van der Waals surface area (Å²) in [5, 5.41) is 8.47. The summed E-state index contributed by atoms with van der Waals surface area (Å²) in [6.07, 6.45) is 5.38. The highest BCUT2D eigenvalue weighted by molar-refractivity contribution is 14.0. The summed E-state index contributed by atoms with van der Waals surface area (Å²) in [7, 11) is 0. The maximum absolute atomic E-state index is 11.9. The molecule has 1 aliphatic heterocycles. The lowest BCUT2D eigenvalue weighted by atomic mass is 9.97. The Morgan fingerprint density at radius 3 is 2.60 bits per heavy atom. The molecule has 9 heteroatoms. The second-order valence-corrected chi connectivity index (χ2v) is 7.39. The number of halogens is 2. The normalized spacial score (nSPS) is 14.9. The van der Waals surface area contributed by atoms with E-state index in [1.165, 1.54) is 0 Å². The number of aliphatic imine (C=N–C) groups is 1. The number of nitrogens with zero attached hydrogens (tertiary/aromatic N) is 4. The van der Waals surface area contributed by atoms with E-state index in [0.717, 1.165) is 49.7 Å². The van der Waals surface area contributed by atoms with Crippen LogP contribution in [0.25, 0.3) is 5.69 Å². The van der Waals surface area contributed by atoms with Crippen LogP contribution in [0.3, 0.4) is 0 Å². The van der Waals surface area contributed by atoms with E-state index in [1.54, 1.807) is 0 Å². The van der Waals surface area contributed by atoms with Crippen molar-refractivity contribution >= 4 is 47.5 Å². The van der Waals surface area contributed by atoms with Gasteiger partial charge in [-0.15, -0.1) is 24.0 Å². The summed E-state index contributed by atoms with van der Waals surface area (Å²) in [5.41, 5.74) is 1.98. The Bertz CT molecular complexity index is 832. The minimum Gasteiger partial charge on any atom is -0.466 e. The number of likely N-dealkylation sites (tertiary alicyclic amines) is 1. The van der Waals surface area contributed by atoms with E-state index in [0.29, 0.717) is 18.2 Å². The number of esters is 1. The van der Waals surface area contributed by atoms with Crippen molar-refractivity contribution in [3.05, 3.63) is 47.2 Å². The van der Waals surface area contributed by atoms with E-state index < -0.39 is 0 Å². The predicted molar refractivity (Wildman–Crippen MR) is 130 cm³/mol. The Balaban J connectivity index is 0.00000320. The van der Waals surface area contributed by atoms with Crippen LogP contribution in [-0.4, -0.2) is 52.9 Å². The molecule has 164 valence electrons. The molecule has 7 nitrogen and oxygen atoms in total. The minimum absolute atomic E-state index is 0. The molecular weight excluding hydrogens is 517 g/mol. The fourth-order valence-corrected chi connectivity index (χ4v) is 3.48. The molecule has 0 saturated carbocycles. The number of hydrogen-bond acceptors (Lipinski definition) is 4. The number of aromatic nitrogens is 2. The molecule has 0 radical (unpaired) electrons. The maximum Gasteiger partial charge on any atom is 0.309 e. The van der Waals surface area contributed by atoms with E-state index in [9.17, 15) is 4.79 Å². The number of benzene rings is 1. The summed E-state index contributed by atoms with van der Waals surface area (Å²) in [6.45, 7) is 7.25. The Hall–Kier alpha value is -1.81. The third kappa shape index (κ3) is 6.60. The molecule has 2 aromatic rings. The van der Waals surface area contributed by atoms with E-state index >= 15 is 0 Å². The van der Waals surface area contributed by atoms with Crippen LogP contribution >= 0.6 is 35.6 Å². The Kier molecular flexibility index (Phi) is 9.90. The van der Waals surface area contributed by atoms with Gasteiger partial charge in [0.1, 0.15) is 0 Å². The molecule has 1 N–H and O–H groups in total. The van der Waals surface area contributed by atoms with Gasteiger partial charge in [-0.05, 0) is 51.0 Å². The van der Waals surface area contributed by atoms with Crippen LogP contribution in [0.2, 0.25) is 5.02 Å². The number of ether oxygens (including phenoxy) is 1. The lowest BCUT2D eigenvalue weighted by Gasteiger charge is -2.33. The molecule has 1 fully saturated rings. The van der Waals surface area contributed by atoms with Crippen molar-refractivity contribution in [3.63, 3.8) is 0 Å². The zero-order valence-electron chi connectivity index (χ0n) is 17.4. The van der Waals surface area contributed by atoms with E-state index in [-0.39, 0.29) is 35.9 Å². The van der Waals surface area contributed by atoms with Gasteiger partial charge < -0.3 is 15.0 Å². The summed E-state index contributed by atoms with van der Waals surface area (Å²) < 4.78 is 6.97. The van der Waals surface area contributed by atoms with Gasteiger partial charge in [0.05, 0.1) is 31.0 Å². The molecule has 0 amide bonds. The summed E-state index contributed by atoms with van der Waals surface area (Å²) in [5.74, 6) is 0.782. The summed E-state index contributed by atoms with van der Waals surface area (Å²) >= 11 is 5.95. The third-order valence-electron chi connectivity index (χ3n) is 4.89. The first-order chi connectivity index (χ1) is 14.1. The molecular formula is C21H29ClIN5O2. The topological polar surface area (TPSA) is 71.8 Å². The Morgan fingerprint density at radius 1 is 1.27 bits per heavy atom. The molecule has 3 rings (SSSR count). The van der Waals surface area contributed by atoms with E-state index in [4.69, 9.17) is 21.3 Å². The van der Waals surface area contributed by atoms with Gasteiger partial charge in [-0.3, -0.25) is 4.79 Å². The van der Waals surface area contributed by atoms with Crippen LogP contribution in [0.15, 0.2) is 41.7 Å². The number of guanidine groups is 1. The molecule has 0 aliphatic carbocycles. The fourth-order valence-electron chi connectivity index (χ4n) is 3.36. The third-order valence-corrected chi connectivity index (χ3v) is 5.14. The highest BCUT2D eigenvalue weighted by Gasteiger charge is 2.27. The smallest absolute Gasteiger partial charge is 0.309 e. The fraction of sp³-hybridized carbons (Fsp3) is 0.476. The van der Waals surface area contributed by atoms with Crippen molar-refractivity contribution in [2.45, 2.75) is 33.2 Å². The molecule has 30 heavy (non-hydrogen) atoms. The Morgan fingerprint density at radius 2 is 1.97 bits per heavy atom. The standard InChI is InChI=1S/C21H28ClN5O2.HI/c1-3-23-21(26-11-9-17(10-12-26)20(28)29-4-2)24-13-16-14-25-27(15-16)19-7-5-18(22)6-8-19;/h5-8,14-15,17H,3-4,9-13H2,1-2H3,(H,23,24);1H. The number of nitrogens with one attached hydrogen (secondary N) is 1. The lowest BCUT2D eigenvalue weighted by molar-refractivity contribution is -0.149. The maximum atomic E-state index is 11.9. The van der Waals surface area contributed by atoms with Gasteiger partial charge in [-0.1, -0.05) is 11.6 Å². The first kappa shape index (κ1) is 24.5. The van der Waals surface area contributed by atoms with Crippen molar-refractivity contribution in [1.29, 1.82) is 0 Å². The van der Waals surface area contributed by atoms with Crippen LogP contribution < -0.4 is 5.32 Å². The molecule has 0 bridgehead atoms. The van der Waals surface area contributed by atoms with Crippen LogP contribution in [0.5, 0.6) is 0 Å². The average molecular weight is 546 g/mol. The molecule has 1 aromatic heterocycles. The molecule has 1 aromatic carbocycles. The number of rotatable bonds is 6. The summed E-state index contributed by atoms with van der Waals surface area (Å²) in [4.78, 5) is 18.9. The molecule has 1 aliphatic rings. The van der Waals surface area contributed by atoms with Gasteiger partial charge in [0.15, 0.2) is 5.96 Å². The number of carbonyl (C=O) groups is 1. The van der Waals surface area contributed by atoms with Crippen LogP contribution in [-0.2, 0) is 16.1 Å². The van der Waals surface area contributed by atoms with Crippen LogP contribution in [0.4, 0.5) is 0 Å². The zero-order chi connectivity index (χ0) is 20.6. The van der Waals surface area contributed by atoms with E-state index in [1.807, 2.05) is 48.3 Å². The quantitative estimate of drug-likeness (QED) is 0.258. The minimum atomic E-state index is -0.0799. The molecule has 2 heterocycles. The number of piperidine rings is 1. The van der Waals surface area contributed by atoms with E-state index in [2.05, 4.69) is 22.2 Å². The average Bonchev–Trinajstić information content (AvgIpc) is 3.21. The van der Waals surface area contributed by atoms with Gasteiger partial charge in [-0.25, -0.2) is 9.67 Å². The number of hydrogen-bond donors (Lipinski definition) is 1. The van der Waals surface area contributed by atoms with Gasteiger partial charge in [-0.2, -0.15) is 5.10 Å². The van der Waals surface area contributed by atoms with Crippen molar-refractivity contribution in [3.8, 4) is 5.69 Å². The number of carbonyl (C=O) groups excluding carboxylic acids is 1. The van der Waals surface area contributed by atoms with Gasteiger partial charge >= 0.3 is 5.97 Å². The van der Waals surface area contributed by atoms with Crippen molar-refractivity contribution in [2.75, 3.05) is 26.2 Å².